The van der Waals surface area contributed by atoms with Gasteiger partial charge in [0.15, 0.2) is 5.82 Å². The van der Waals surface area contributed by atoms with Gasteiger partial charge in [-0.1, -0.05) is 13.8 Å². The molecule has 0 aromatic carbocycles. The number of nitrogens with two attached hydrogens (primary N) is 1. The largest absolute Gasteiger partial charge is 0.319 e. The van der Waals surface area contributed by atoms with Gasteiger partial charge in [0.1, 0.15) is 0 Å². The minimum atomic E-state index is -3.98. The molecule has 0 bridgehead atoms. The smallest absolute Gasteiger partial charge is 0.273 e. The van der Waals surface area contributed by atoms with E-state index >= 15 is 0 Å². The summed E-state index contributed by atoms with van der Waals surface area (Å²) in [6, 6.07) is 3.06. The van der Waals surface area contributed by atoms with Crippen LogP contribution in [0, 0.1) is 5.92 Å². The van der Waals surface area contributed by atoms with Gasteiger partial charge in [0.2, 0.25) is 0 Å². The SMILES string of the molecule is CC(C)Cn1c(-c2ccn(C)c(=O)c2)nnc1S(N)(=O)=O. The van der Waals surface area contributed by atoms with E-state index in [2.05, 4.69) is 10.2 Å². The third-order valence-corrected chi connectivity index (χ3v) is 3.69. The van der Waals surface area contributed by atoms with Crippen LogP contribution in [0.15, 0.2) is 28.3 Å². The number of rotatable bonds is 4. The monoisotopic (exact) mass is 311 g/mol. The van der Waals surface area contributed by atoms with Crippen LogP contribution in [-0.4, -0.2) is 27.7 Å². The standard InChI is InChI=1S/C12H17N5O3S/c1-8(2)7-17-11(14-15-12(17)21(13,19)20)9-4-5-16(3)10(18)6-9/h4-6,8H,7H2,1-3H3,(H2,13,19,20). The number of aryl methyl sites for hydroxylation is 1. The van der Waals surface area contributed by atoms with Crippen molar-refractivity contribution in [2.75, 3.05) is 0 Å². The highest BCUT2D eigenvalue weighted by Gasteiger charge is 2.22. The zero-order valence-electron chi connectivity index (χ0n) is 12.0. The second-order valence-corrected chi connectivity index (χ2v) is 6.68. The fourth-order valence-corrected chi connectivity index (χ4v) is 2.55. The summed E-state index contributed by atoms with van der Waals surface area (Å²) >= 11 is 0. The zero-order valence-corrected chi connectivity index (χ0v) is 12.8. The van der Waals surface area contributed by atoms with Crippen molar-refractivity contribution in [3.63, 3.8) is 0 Å². The summed E-state index contributed by atoms with van der Waals surface area (Å²) in [6.07, 6.45) is 1.59. The first kappa shape index (κ1) is 15.4. The maximum absolute atomic E-state index is 11.7. The summed E-state index contributed by atoms with van der Waals surface area (Å²) in [6.45, 7) is 4.24. The van der Waals surface area contributed by atoms with Gasteiger partial charge in [-0.25, -0.2) is 13.6 Å². The van der Waals surface area contributed by atoms with E-state index in [0.29, 0.717) is 17.9 Å². The minimum absolute atomic E-state index is 0.159. The van der Waals surface area contributed by atoms with Crippen molar-refractivity contribution in [3.8, 4) is 11.4 Å². The predicted molar refractivity (Wildman–Crippen MR) is 76.9 cm³/mol. The molecule has 0 aliphatic rings. The summed E-state index contributed by atoms with van der Waals surface area (Å²) in [5.74, 6) is 0.470. The summed E-state index contributed by atoms with van der Waals surface area (Å²) in [4.78, 5) is 11.7. The lowest BCUT2D eigenvalue weighted by molar-refractivity contribution is 0.486. The number of hydrogen-bond donors (Lipinski definition) is 1. The summed E-state index contributed by atoms with van der Waals surface area (Å²) < 4.78 is 26.0. The average molecular weight is 311 g/mol. The quantitative estimate of drug-likeness (QED) is 0.850. The van der Waals surface area contributed by atoms with Crippen LogP contribution in [-0.2, 0) is 23.6 Å². The number of hydrogen-bond acceptors (Lipinski definition) is 5. The lowest BCUT2D eigenvalue weighted by atomic mass is 10.2. The number of nitrogens with zero attached hydrogens (tertiary/aromatic N) is 4. The van der Waals surface area contributed by atoms with Gasteiger partial charge in [0, 0.05) is 31.4 Å². The molecule has 0 fully saturated rings. The maximum Gasteiger partial charge on any atom is 0.273 e. The van der Waals surface area contributed by atoms with Crippen molar-refractivity contribution in [3.05, 3.63) is 28.7 Å². The fraction of sp³-hybridized carbons (Fsp3) is 0.417. The number of aromatic nitrogens is 4. The molecular weight excluding hydrogens is 294 g/mol. The highest BCUT2D eigenvalue weighted by molar-refractivity contribution is 7.89. The molecule has 0 saturated carbocycles. The van der Waals surface area contributed by atoms with Crippen molar-refractivity contribution in [1.82, 2.24) is 19.3 Å². The topological polar surface area (TPSA) is 113 Å². The van der Waals surface area contributed by atoms with Crippen molar-refractivity contribution in [1.29, 1.82) is 0 Å². The Morgan fingerprint density at radius 2 is 2.00 bits per heavy atom. The predicted octanol–water partition coefficient (Wildman–Crippen LogP) is -0.0528. The molecule has 2 heterocycles. The molecular formula is C12H17N5O3S. The summed E-state index contributed by atoms with van der Waals surface area (Å²) in [7, 11) is -2.35. The van der Waals surface area contributed by atoms with Crippen molar-refractivity contribution >= 4 is 10.0 Å². The van der Waals surface area contributed by atoms with E-state index in [-0.39, 0.29) is 16.6 Å². The van der Waals surface area contributed by atoms with Gasteiger partial charge in [-0.3, -0.25) is 9.36 Å². The molecule has 2 N–H and O–H groups in total. The Balaban J connectivity index is 2.66. The molecule has 0 saturated heterocycles. The Morgan fingerprint density at radius 1 is 1.33 bits per heavy atom. The molecule has 21 heavy (non-hydrogen) atoms. The second-order valence-electron chi connectivity index (χ2n) is 5.22. The van der Waals surface area contributed by atoms with Crippen LogP contribution in [0.5, 0.6) is 0 Å². The molecule has 0 radical (unpaired) electrons. The highest BCUT2D eigenvalue weighted by Crippen LogP contribution is 2.20. The van der Waals surface area contributed by atoms with Crippen LogP contribution in [0.2, 0.25) is 0 Å². The third kappa shape index (κ3) is 3.19. The molecule has 0 unspecified atom stereocenters. The van der Waals surface area contributed by atoms with Crippen molar-refractivity contribution in [2.45, 2.75) is 25.5 Å². The molecule has 0 spiro atoms. The first-order valence-corrected chi connectivity index (χ1v) is 7.88. The van der Waals surface area contributed by atoms with E-state index in [4.69, 9.17) is 5.14 Å². The van der Waals surface area contributed by atoms with E-state index in [9.17, 15) is 13.2 Å². The molecule has 2 aromatic heterocycles. The number of sulfonamides is 1. The number of primary sulfonamides is 1. The van der Waals surface area contributed by atoms with Gasteiger partial charge in [-0.05, 0) is 12.0 Å². The van der Waals surface area contributed by atoms with Crippen LogP contribution >= 0.6 is 0 Å². The first-order chi connectivity index (χ1) is 9.70. The Morgan fingerprint density at radius 3 is 2.52 bits per heavy atom. The molecule has 0 aliphatic heterocycles. The Hall–Kier alpha value is -2.00. The first-order valence-electron chi connectivity index (χ1n) is 6.33. The van der Waals surface area contributed by atoms with E-state index in [1.54, 1.807) is 19.3 Å². The average Bonchev–Trinajstić information content (AvgIpc) is 2.75. The minimum Gasteiger partial charge on any atom is -0.319 e. The van der Waals surface area contributed by atoms with Crippen molar-refractivity contribution in [2.24, 2.45) is 18.1 Å². The van der Waals surface area contributed by atoms with Crippen molar-refractivity contribution < 1.29 is 8.42 Å². The zero-order chi connectivity index (χ0) is 15.8. The maximum atomic E-state index is 11.7. The van der Waals surface area contributed by atoms with Crippen LogP contribution in [0.1, 0.15) is 13.8 Å². The summed E-state index contributed by atoms with van der Waals surface area (Å²) in [5, 5.41) is 12.4. The van der Waals surface area contributed by atoms with Crippen LogP contribution in [0.25, 0.3) is 11.4 Å². The van der Waals surface area contributed by atoms with Gasteiger partial charge >= 0.3 is 0 Å². The van der Waals surface area contributed by atoms with Crippen LogP contribution in [0.3, 0.4) is 0 Å². The fourth-order valence-electron chi connectivity index (χ4n) is 1.93. The molecule has 114 valence electrons. The van der Waals surface area contributed by atoms with E-state index in [0.717, 1.165) is 0 Å². The third-order valence-electron chi connectivity index (χ3n) is 2.88. The molecule has 0 atom stereocenters. The lowest BCUT2D eigenvalue weighted by Crippen LogP contribution is -2.21. The molecule has 2 rings (SSSR count). The van der Waals surface area contributed by atoms with Gasteiger partial charge in [0.05, 0.1) is 0 Å². The molecule has 2 aromatic rings. The Labute approximate surface area is 122 Å². The van der Waals surface area contributed by atoms with Gasteiger partial charge < -0.3 is 4.57 Å². The number of pyridine rings is 1. The van der Waals surface area contributed by atoms with Gasteiger partial charge in [-0.15, -0.1) is 10.2 Å². The molecule has 0 amide bonds. The molecule has 8 nitrogen and oxygen atoms in total. The van der Waals surface area contributed by atoms with Gasteiger partial charge in [0.25, 0.3) is 20.7 Å². The molecule has 0 aliphatic carbocycles. The van der Waals surface area contributed by atoms with E-state index in [1.807, 2.05) is 13.8 Å². The van der Waals surface area contributed by atoms with E-state index in [1.165, 1.54) is 15.2 Å². The lowest BCUT2D eigenvalue weighted by Gasteiger charge is -2.11. The second kappa shape index (κ2) is 5.41. The Kier molecular flexibility index (Phi) is 3.97. The van der Waals surface area contributed by atoms with E-state index < -0.39 is 10.0 Å². The van der Waals surface area contributed by atoms with Crippen LogP contribution in [0.4, 0.5) is 0 Å². The Bertz CT molecular complexity index is 820. The van der Waals surface area contributed by atoms with Gasteiger partial charge in [-0.2, -0.15) is 0 Å². The molecule has 9 heteroatoms. The normalized spacial score (nSPS) is 12.0. The highest BCUT2D eigenvalue weighted by atomic mass is 32.2. The van der Waals surface area contributed by atoms with Crippen LogP contribution < -0.4 is 10.7 Å². The summed E-state index contributed by atoms with van der Waals surface area (Å²) in [5.41, 5.74) is 0.282.